The van der Waals surface area contributed by atoms with Crippen molar-refractivity contribution in [1.82, 2.24) is 15.1 Å². The van der Waals surface area contributed by atoms with Crippen LogP contribution in [-0.2, 0) is 11.3 Å². The molecule has 1 atom stereocenters. The number of hydrogen-bond donors (Lipinski definition) is 1. The minimum Gasteiger partial charge on any atom is -0.424 e. The molecule has 0 aliphatic carbocycles. The van der Waals surface area contributed by atoms with E-state index in [0.717, 1.165) is 36.2 Å². The molecule has 0 unspecified atom stereocenters. The highest BCUT2D eigenvalue weighted by Gasteiger charge is 2.26. The van der Waals surface area contributed by atoms with Gasteiger partial charge in [-0.2, -0.15) is 0 Å². The maximum Gasteiger partial charge on any atom is 0.230 e. The number of piperidine rings is 1. The second kappa shape index (κ2) is 8.53. The standard InChI is InChI=1S/C22H23FN4O2/c1-15-25-26-21(29-15)14-27-11-3-5-18(13-27)22(28)24-20-6-2-4-17(12-20)16-7-9-19(23)10-8-16/h2,4,6-10,12,18H,3,5,11,13-14H2,1H3,(H,24,28)/t18-/m0/s1. The van der Waals surface area contributed by atoms with Gasteiger partial charge in [0.05, 0.1) is 12.5 Å². The van der Waals surface area contributed by atoms with Crippen molar-refractivity contribution >= 4 is 11.6 Å². The molecule has 0 spiro atoms. The van der Waals surface area contributed by atoms with Crippen molar-refractivity contribution < 1.29 is 13.6 Å². The van der Waals surface area contributed by atoms with Gasteiger partial charge in [-0.1, -0.05) is 24.3 Å². The zero-order chi connectivity index (χ0) is 20.2. The van der Waals surface area contributed by atoms with Gasteiger partial charge in [0.25, 0.3) is 0 Å². The van der Waals surface area contributed by atoms with Crippen molar-refractivity contribution in [2.24, 2.45) is 5.92 Å². The third kappa shape index (κ3) is 4.86. The van der Waals surface area contributed by atoms with Gasteiger partial charge < -0.3 is 9.73 Å². The van der Waals surface area contributed by atoms with Gasteiger partial charge in [0.15, 0.2) is 0 Å². The maximum absolute atomic E-state index is 13.2. The summed E-state index contributed by atoms with van der Waals surface area (Å²) in [6.07, 6.45) is 1.80. The van der Waals surface area contributed by atoms with Gasteiger partial charge in [0, 0.05) is 19.2 Å². The lowest BCUT2D eigenvalue weighted by Gasteiger charge is -2.30. The molecule has 7 heteroatoms. The number of likely N-dealkylation sites (tertiary alicyclic amines) is 1. The first kappa shape index (κ1) is 19.3. The molecule has 150 valence electrons. The van der Waals surface area contributed by atoms with Crippen LogP contribution in [0.4, 0.5) is 10.1 Å². The highest BCUT2D eigenvalue weighted by Crippen LogP contribution is 2.25. The summed E-state index contributed by atoms with van der Waals surface area (Å²) in [4.78, 5) is 15.0. The number of aryl methyl sites for hydroxylation is 1. The molecule has 3 aromatic rings. The summed E-state index contributed by atoms with van der Waals surface area (Å²) in [5.41, 5.74) is 2.57. The van der Waals surface area contributed by atoms with Crippen LogP contribution < -0.4 is 5.32 Å². The Balaban J connectivity index is 1.39. The Labute approximate surface area is 168 Å². The highest BCUT2D eigenvalue weighted by molar-refractivity contribution is 5.93. The van der Waals surface area contributed by atoms with Gasteiger partial charge in [0.2, 0.25) is 17.7 Å². The van der Waals surface area contributed by atoms with Crippen molar-refractivity contribution in [2.75, 3.05) is 18.4 Å². The van der Waals surface area contributed by atoms with Crippen LogP contribution in [0.25, 0.3) is 11.1 Å². The zero-order valence-corrected chi connectivity index (χ0v) is 16.3. The normalized spacial score (nSPS) is 17.2. The van der Waals surface area contributed by atoms with Crippen LogP contribution in [0.3, 0.4) is 0 Å². The lowest BCUT2D eigenvalue weighted by molar-refractivity contribution is -0.121. The van der Waals surface area contributed by atoms with E-state index in [1.807, 2.05) is 24.3 Å². The minimum absolute atomic E-state index is 0.00710. The quantitative estimate of drug-likeness (QED) is 0.707. The molecule has 29 heavy (non-hydrogen) atoms. The van der Waals surface area contributed by atoms with Crippen LogP contribution >= 0.6 is 0 Å². The Morgan fingerprint density at radius 1 is 1.21 bits per heavy atom. The van der Waals surface area contributed by atoms with E-state index >= 15 is 0 Å². The number of nitrogens with one attached hydrogen (secondary N) is 1. The molecule has 1 saturated heterocycles. The van der Waals surface area contributed by atoms with Crippen LogP contribution in [0.15, 0.2) is 52.9 Å². The van der Waals surface area contributed by atoms with E-state index in [1.165, 1.54) is 12.1 Å². The highest BCUT2D eigenvalue weighted by atomic mass is 19.1. The Bertz CT molecular complexity index is 986. The molecule has 2 heterocycles. The van der Waals surface area contributed by atoms with E-state index < -0.39 is 0 Å². The first-order valence-electron chi connectivity index (χ1n) is 9.75. The Hall–Kier alpha value is -3.06. The van der Waals surface area contributed by atoms with Crippen molar-refractivity contribution in [3.63, 3.8) is 0 Å². The predicted molar refractivity (Wildman–Crippen MR) is 108 cm³/mol. The number of carbonyl (C=O) groups excluding carboxylic acids is 1. The number of halogens is 1. The number of hydrogen-bond acceptors (Lipinski definition) is 5. The molecule has 6 nitrogen and oxygen atoms in total. The van der Waals surface area contributed by atoms with Gasteiger partial charge in [-0.25, -0.2) is 4.39 Å². The largest absolute Gasteiger partial charge is 0.424 e. The smallest absolute Gasteiger partial charge is 0.230 e. The predicted octanol–water partition coefficient (Wildman–Crippen LogP) is 4.03. The van der Waals surface area contributed by atoms with Gasteiger partial charge in [-0.05, 0) is 54.8 Å². The number of amides is 1. The number of benzene rings is 2. The SMILES string of the molecule is Cc1nnc(CN2CCC[C@H](C(=O)Nc3cccc(-c4ccc(F)cc4)c3)C2)o1. The van der Waals surface area contributed by atoms with Gasteiger partial charge in [-0.3, -0.25) is 9.69 Å². The fourth-order valence-electron chi connectivity index (χ4n) is 3.67. The monoisotopic (exact) mass is 394 g/mol. The number of anilines is 1. The van der Waals surface area contributed by atoms with E-state index in [9.17, 15) is 9.18 Å². The Morgan fingerprint density at radius 2 is 2.03 bits per heavy atom. The van der Waals surface area contributed by atoms with Crippen LogP contribution in [0.2, 0.25) is 0 Å². The second-order valence-electron chi connectivity index (χ2n) is 7.37. The molecule has 1 N–H and O–H groups in total. The molecule has 1 aromatic heterocycles. The fourth-order valence-corrected chi connectivity index (χ4v) is 3.67. The average Bonchev–Trinajstić information content (AvgIpc) is 3.13. The number of nitrogens with zero attached hydrogens (tertiary/aromatic N) is 3. The van der Waals surface area contributed by atoms with E-state index in [-0.39, 0.29) is 17.6 Å². The molecule has 1 fully saturated rings. The average molecular weight is 394 g/mol. The molecule has 2 aromatic carbocycles. The molecular weight excluding hydrogens is 371 g/mol. The lowest BCUT2D eigenvalue weighted by atomic mass is 9.97. The van der Waals surface area contributed by atoms with Crippen molar-refractivity contribution in [2.45, 2.75) is 26.3 Å². The van der Waals surface area contributed by atoms with Crippen molar-refractivity contribution in [1.29, 1.82) is 0 Å². The Morgan fingerprint density at radius 3 is 2.79 bits per heavy atom. The molecular formula is C22H23FN4O2. The third-order valence-electron chi connectivity index (χ3n) is 5.11. The summed E-state index contributed by atoms with van der Waals surface area (Å²) >= 11 is 0. The molecule has 1 aliphatic heterocycles. The van der Waals surface area contributed by atoms with Gasteiger partial charge in [0.1, 0.15) is 5.82 Å². The maximum atomic E-state index is 13.2. The van der Waals surface area contributed by atoms with E-state index in [0.29, 0.717) is 24.9 Å². The van der Waals surface area contributed by atoms with Crippen LogP contribution in [0.1, 0.15) is 24.6 Å². The second-order valence-corrected chi connectivity index (χ2v) is 7.37. The summed E-state index contributed by atoms with van der Waals surface area (Å²) in [6, 6.07) is 13.9. The lowest BCUT2D eigenvalue weighted by Crippen LogP contribution is -2.40. The summed E-state index contributed by atoms with van der Waals surface area (Å²) in [7, 11) is 0. The van der Waals surface area contributed by atoms with Crippen LogP contribution in [0, 0.1) is 18.7 Å². The summed E-state index contributed by atoms with van der Waals surface area (Å²) < 4.78 is 18.6. The molecule has 4 rings (SSSR count). The first-order chi connectivity index (χ1) is 14.1. The molecule has 0 bridgehead atoms. The van der Waals surface area contributed by atoms with Gasteiger partial charge >= 0.3 is 0 Å². The zero-order valence-electron chi connectivity index (χ0n) is 16.3. The first-order valence-corrected chi connectivity index (χ1v) is 9.75. The van der Waals surface area contributed by atoms with Crippen molar-refractivity contribution in [3.05, 3.63) is 66.1 Å². The molecule has 0 radical (unpaired) electrons. The summed E-state index contributed by atoms with van der Waals surface area (Å²) in [5, 5.41) is 10.9. The third-order valence-corrected chi connectivity index (χ3v) is 5.11. The molecule has 1 aliphatic rings. The van der Waals surface area contributed by atoms with Crippen LogP contribution in [-0.4, -0.2) is 34.1 Å². The summed E-state index contributed by atoms with van der Waals surface area (Å²) in [5.74, 6) is 0.772. The fraction of sp³-hybridized carbons (Fsp3) is 0.318. The topological polar surface area (TPSA) is 71.3 Å². The van der Waals surface area contributed by atoms with Crippen molar-refractivity contribution in [3.8, 4) is 11.1 Å². The van der Waals surface area contributed by atoms with E-state index in [2.05, 4.69) is 20.4 Å². The van der Waals surface area contributed by atoms with Gasteiger partial charge in [-0.15, -0.1) is 10.2 Å². The van der Waals surface area contributed by atoms with Crippen LogP contribution in [0.5, 0.6) is 0 Å². The summed E-state index contributed by atoms with van der Waals surface area (Å²) in [6.45, 7) is 3.89. The Kier molecular flexibility index (Phi) is 5.67. The number of aromatic nitrogens is 2. The number of carbonyl (C=O) groups is 1. The van der Waals surface area contributed by atoms with E-state index in [1.54, 1.807) is 19.1 Å². The van der Waals surface area contributed by atoms with E-state index in [4.69, 9.17) is 4.42 Å². The molecule has 1 amide bonds. The molecule has 0 saturated carbocycles. The number of rotatable bonds is 5. The minimum atomic E-state index is -0.268.